The van der Waals surface area contributed by atoms with Gasteiger partial charge in [0.15, 0.2) is 0 Å². The summed E-state index contributed by atoms with van der Waals surface area (Å²) in [5.74, 6) is 0.756. The van der Waals surface area contributed by atoms with Crippen LogP contribution < -0.4 is 0 Å². The van der Waals surface area contributed by atoms with Crippen molar-refractivity contribution in [2.24, 2.45) is 11.8 Å². The average Bonchev–Trinajstić information content (AvgIpc) is 2.66. The van der Waals surface area contributed by atoms with Gasteiger partial charge in [-0.2, -0.15) is 0 Å². The molecule has 3 nitrogen and oxygen atoms in total. The summed E-state index contributed by atoms with van der Waals surface area (Å²) < 4.78 is 5.12. The fourth-order valence-corrected chi connectivity index (χ4v) is 4.41. The molecule has 5 unspecified atom stereocenters. The highest BCUT2D eigenvalue weighted by molar-refractivity contribution is 5.75. The van der Waals surface area contributed by atoms with Gasteiger partial charge >= 0.3 is 5.97 Å². The van der Waals surface area contributed by atoms with Crippen LogP contribution in [0.4, 0.5) is 0 Å². The normalized spacial score (nSPS) is 36.9. The van der Waals surface area contributed by atoms with E-state index < -0.39 is 0 Å². The third-order valence-corrected chi connectivity index (χ3v) is 5.30. The number of rotatable bonds is 2. The number of carbonyl (C=O) groups excluding carboxylic acids is 1. The lowest BCUT2D eigenvalue weighted by atomic mass is 9.75. The van der Waals surface area contributed by atoms with Crippen molar-refractivity contribution in [1.82, 2.24) is 4.90 Å². The second-order valence-corrected chi connectivity index (χ2v) is 6.32. The van der Waals surface area contributed by atoms with Crippen LogP contribution in [0.5, 0.6) is 0 Å². The number of hydrogen-bond acceptors (Lipinski definition) is 3. The molecule has 0 saturated carbocycles. The summed E-state index contributed by atoms with van der Waals surface area (Å²) in [5.41, 5.74) is 1.28. The predicted molar refractivity (Wildman–Crippen MR) is 78.4 cm³/mol. The summed E-state index contributed by atoms with van der Waals surface area (Å²) in [6.07, 6.45) is 2.25. The molecule has 108 valence electrons. The lowest BCUT2D eigenvalue weighted by Gasteiger charge is -2.42. The number of carbonyl (C=O) groups is 1. The molecular weight excluding hydrogens is 250 g/mol. The summed E-state index contributed by atoms with van der Waals surface area (Å²) in [6.45, 7) is 2.27. The number of fused-ring (bicyclic) bond motifs is 2. The molecule has 2 aliphatic rings. The summed E-state index contributed by atoms with van der Waals surface area (Å²) in [7, 11) is 3.67. The molecule has 5 atom stereocenters. The Morgan fingerprint density at radius 3 is 2.60 bits per heavy atom. The molecule has 2 fully saturated rings. The summed E-state index contributed by atoms with van der Waals surface area (Å²) in [4.78, 5) is 14.8. The van der Waals surface area contributed by atoms with E-state index in [4.69, 9.17) is 4.74 Å². The summed E-state index contributed by atoms with van der Waals surface area (Å²) >= 11 is 0. The standard InChI is InChI=1S/C17H23NO2/c1-11-9-13-10-14(12-7-5-4-6-8-12)15(17(19)20-3)16(11)18(13)2/h4-8,11,13-16H,9-10H2,1-3H3. The molecular formula is C17H23NO2. The number of methoxy groups -OCH3 is 1. The summed E-state index contributed by atoms with van der Waals surface area (Å²) in [5, 5.41) is 0. The van der Waals surface area contributed by atoms with Crippen LogP contribution in [-0.2, 0) is 9.53 Å². The Hall–Kier alpha value is -1.35. The first kappa shape index (κ1) is 13.6. The van der Waals surface area contributed by atoms with Gasteiger partial charge in [-0.1, -0.05) is 37.3 Å². The molecule has 0 aromatic heterocycles. The van der Waals surface area contributed by atoms with Crippen LogP contribution in [0.25, 0.3) is 0 Å². The monoisotopic (exact) mass is 273 g/mol. The Kier molecular flexibility index (Phi) is 3.55. The van der Waals surface area contributed by atoms with Gasteiger partial charge in [-0.3, -0.25) is 9.69 Å². The number of hydrogen-bond donors (Lipinski definition) is 0. The molecule has 3 heteroatoms. The number of piperidine rings is 1. The molecule has 2 bridgehead atoms. The van der Waals surface area contributed by atoms with Crippen LogP contribution in [0, 0.1) is 11.8 Å². The van der Waals surface area contributed by atoms with Gasteiger partial charge in [0.1, 0.15) is 0 Å². The van der Waals surface area contributed by atoms with Crippen molar-refractivity contribution < 1.29 is 9.53 Å². The number of nitrogens with zero attached hydrogens (tertiary/aromatic N) is 1. The predicted octanol–water partition coefficient (Wildman–Crippen LogP) is 2.67. The molecule has 3 rings (SSSR count). The fraction of sp³-hybridized carbons (Fsp3) is 0.588. The molecule has 0 radical (unpaired) electrons. The third kappa shape index (κ3) is 2.05. The van der Waals surface area contributed by atoms with Gasteiger partial charge in [-0.15, -0.1) is 0 Å². The van der Waals surface area contributed by atoms with Gasteiger partial charge in [0.05, 0.1) is 13.0 Å². The number of esters is 1. The van der Waals surface area contributed by atoms with Crippen molar-refractivity contribution in [3.05, 3.63) is 35.9 Å². The van der Waals surface area contributed by atoms with E-state index in [0.29, 0.717) is 23.9 Å². The Morgan fingerprint density at radius 1 is 1.25 bits per heavy atom. The second kappa shape index (κ2) is 5.21. The maximum Gasteiger partial charge on any atom is 0.310 e. The van der Waals surface area contributed by atoms with Crippen molar-refractivity contribution in [3.63, 3.8) is 0 Å². The van der Waals surface area contributed by atoms with E-state index >= 15 is 0 Å². The van der Waals surface area contributed by atoms with Gasteiger partial charge in [-0.25, -0.2) is 0 Å². The van der Waals surface area contributed by atoms with Gasteiger partial charge in [0.2, 0.25) is 0 Å². The van der Waals surface area contributed by atoms with E-state index in [1.807, 2.05) is 6.07 Å². The minimum absolute atomic E-state index is 0.0406. The van der Waals surface area contributed by atoms with E-state index in [0.717, 1.165) is 6.42 Å². The average molecular weight is 273 g/mol. The highest BCUT2D eigenvalue weighted by Gasteiger charge is 2.52. The topological polar surface area (TPSA) is 29.5 Å². The summed E-state index contributed by atoms with van der Waals surface area (Å²) in [6, 6.07) is 11.4. The van der Waals surface area contributed by atoms with Gasteiger partial charge in [0.25, 0.3) is 0 Å². The minimum Gasteiger partial charge on any atom is -0.469 e. The fourth-order valence-electron chi connectivity index (χ4n) is 4.41. The minimum atomic E-state index is -0.0529. The van der Waals surface area contributed by atoms with Gasteiger partial charge in [-0.05, 0) is 31.4 Å². The first-order valence-corrected chi connectivity index (χ1v) is 7.48. The molecule has 20 heavy (non-hydrogen) atoms. The van der Waals surface area contributed by atoms with Crippen LogP contribution in [0.3, 0.4) is 0 Å². The Morgan fingerprint density at radius 2 is 1.95 bits per heavy atom. The largest absolute Gasteiger partial charge is 0.469 e. The lowest BCUT2D eigenvalue weighted by molar-refractivity contribution is -0.150. The molecule has 0 amide bonds. The van der Waals surface area contributed by atoms with E-state index in [9.17, 15) is 4.79 Å². The van der Waals surface area contributed by atoms with Crippen LogP contribution in [0.15, 0.2) is 30.3 Å². The first-order valence-electron chi connectivity index (χ1n) is 7.48. The van der Waals surface area contributed by atoms with Crippen molar-refractivity contribution in [2.75, 3.05) is 14.2 Å². The Bertz CT molecular complexity index is 487. The van der Waals surface area contributed by atoms with Crippen LogP contribution in [-0.4, -0.2) is 37.1 Å². The van der Waals surface area contributed by atoms with E-state index in [1.54, 1.807) is 0 Å². The molecule has 1 aromatic rings. The van der Waals surface area contributed by atoms with Gasteiger partial charge < -0.3 is 4.74 Å². The molecule has 0 spiro atoms. The smallest absolute Gasteiger partial charge is 0.310 e. The molecule has 1 aromatic carbocycles. The maximum atomic E-state index is 12.4. The molecule has 0 N–H and O–H groups in total. The van der Waals surface area contributed by atoms with Crippen molar-refractivity contribution >= 4 is 5.97 Å². The van der Waals surface area contributed by atoms with E-state index in [2.05, 4.69) is 43.1 Å². The highest BCUT2D eigenvalue weighted by Crippen LogP contribution is 2.48. The number of benzene rings is 1. The highest BCUT2D eigenvalue weighted by atomic mass is 16.5. The van der Waals surface area contributed by atoms with Gasteiger partial charge in [0, 0.05) is 18.0 Å². The van der Waals surface area contributed by atoms with Crippen molar-refractivity contribution in [3.8, 4) is 0 Å². The Balaban J connectivity index is 1.99. The van der Waals surface area contributed by atoms with Crippen LogP contribution in [0.1, 0.15) is 31.2 Å². The molecule has 0 aliphatic carbocycles. The quantitative estimate of drug-likeness (QED) is 0.776. The van der Waals surface area contributed by atoms with Crippen LogP contribution >= 0.6 is 0 Å². The van der Waals surface area contributed by atoms with E-state index in [-0.39, 0.29) is 11.9 Å². The zero-order chi connectivity index (χ0) is 14.3. The maximum absolute atomic E-state index is 12.4. The molecule has 2 heterocycles. The first-order chi connectivity index (χ1) is 9.63. The second-order valence-electron chi connectivity index (χ2n) is 6.32. The zero-order valence-corrected chi connectivity index (χ0v) is 12.5. The Labute approximate surface area is 120 Å². The molecule has 2 saturated heterocycles. The third-order valence-electron chi connectivity index (χ3n) is 5.30. The zero-order valence-electron chi connectivity index (χ0n) is 12.5. The van der Waals surface area contributed by atoms with E-state index in [1.165, 1.54) is 19.1 Å². The number of ether oxygens (including phenoxy) is 1. The molecule has 2 aliphatic heterocycles. The van der Waals surface area contributed by atoms with Crippen molar-refractivity contribution in [1.29, 1.82) is 0 Å². The lowest BCUT2D eigenvalue weighted by Crippen LogP contribution is -2.50. The SMILES string of the molecule is COC(=O)C1C(c2ccccc2)CC2CC(C)C1N2C. The van der Waals surface area contributed by atoms with Crippen LogP contribution in [0.2, 0.25) is 0 Å². The van der Waals surface area contributed by atoms with Crippen molar-refractivity contribution in [2.45, 2.75) is 37.8 Å².